The van der Waals surface area contributed by atoms with Crippen LogP contribution in [0.15, 0.2) is 24.3 Å². The molecule has 8 heteroatoms. The molecule has 1 aliphatic heterocycles. The van der Waals surface area contributed by atoms with Gasteiger partial charge in [-0.05, 0) is 31.9 Å². The Morgan fingerprint density at radius 2 is 1.75 bits per heavy atom. The van der Waals surface area contributed by atoms with E-state index in [0.29, 0.717) is 31.6 Å². The lowest BCUT2D eigenvalue weighted by Gasteiger charge is -2.32. The fraction of sp³-hybridized carbons (Fsp3) is 0.500. The van der Waals surface area contributed by atoms with Gasteiger partial charge in [0.2, 0.25) is 21.8 Å². The van der Waals surface area contributed by atoms with Gasteiger partial charge < -0.3 is 10.6 Å². The molecule has 1 fully saturated rings. The van der Waals surface area contributed by atoms with Gasteiger partial charge >= 0.3 is 0 Å². The van der Waals surface area contributed by atoms with E-state index >= 15 is 0 Å². The van der Waals surface area contributed by atoms with Crippen molar-refractivity contribution in [2.24, 2.45) is 11.7 Å². The second-order valence-corrected chi connectivity index (χ2v) is 8.07. The van der Waals surface area contributed by atoms with E-state index < -0.39 is 10.0 Å². The van der Waals surface area contributed by atoms with Crippen LogP contribution in [0.4, 0.5) is 5.69 Å². The lowest BCUT2D eigenvalue weighted by molar-refractivity contribution is -0.133. The SMILES string of the molecule is Cc1ccc(N(CC(=O)N2CCC(C(N)=O)CC2)S(C)(=O)=O)cc1. The lowest BCUT2D eigenvalue weighted by Crippen LogP contribution is -2.47. The highest BCUT2D eigenvalue weighted by Crippen LogP contribution is 2.20. The molecule has 7 nitrogen and oxygen atoms in total. The first-order valence-electron chi connectivity index (χ1n) is 7.80. The molecule has 0 aliphatic carbocycles. The van der Waals surface area contributed by atoms with Crippen LogP contribution in [0.25, 0.3) is 0 Å². The highest BCUT2D eigenvalue weighted by atomic mass is 32.2. The van der Waals surface area contributed by atoms with E-state index in [9.17, 15) is 18.0 Å². The number of aryl methyl sites for hydroxylation is 1. The maximum absolute atomic E-state index is 12.5. The average Bonchev–Trinajstić information content (AvgIpc) is 2.52. The van der Waals surface area contributed by atoms with Gasteiger partial charge in [-0.15, -0.1) is 0 Å². The Morgan fingerprint density at radius 3 is 2.21 bits per heavy atom. The molecule has 132 valence electrons. The first-order valence-corrected chi connectivity index (χ1v) is 9.65. The van der Waals surface area contributed by atoms with Gasteiger partial charge in [0.05, 0.1) is 11.9 Å². The molecule has 2 N–H and O–H groups in total. The molecule has 1 aliphatic rings. The van der Waals surface area contributed by atoms with Gasteiger partial charge in [0, 0.05) is 19.0 Å². The number of piperidine rings is 1. The molecule has 24 heavy (non-hydrogen) atoms. The molecule has 0 radical (unpaired) electrons. The summed E-state index contributed by atoms with van der Waals surface area (Å²) in [5.41, 5.74) is 6.75. The Balaban J connectivity index is 2.09. The molecule has 0 spiro atoms. The largest absolute Gasteiger partial charge is 0.369 e. The number of carbonyl (C=O) groups excluding carboxylic acids is 2. The third kappa shape index (κ3) is 4.47. The Labute approximate surface area is 142 Å². The molecule has 0 saturated carbocycles. The van der Waals surface area contributed by atoms with Gasteiger partial charge in [-0.3, -0.25) is 13.9 Å². The average molecular weight is 353 g/mol. The normalized spacial score (nSPS) is 16.0. The summed E-state index contributed by atoms with van der Waals surface area (Å²) in [7, 11) is -3.58. The van der Waals surface area contributed by atoms with Crippen molar-refractivity contribution < 1.29 is 18.0 Å². The Morgan fingerprint density at radius 1 is 1.21 bits per heavy atom. The van der Waals surface area contributed by atoms with Crippen LogP contribution in [0.1, 0.15) is 18.4 Å². The zero-order valence-corrected chi connectivity index (χ0v) is 14.8. The van der Waals surface area contributed by atoms with Crippen molar-refractivity contribution in [2.45, 2.75) is 19.8 Å². The number of hydrogen-bond acceptors (Lipinski definition) is 4. The van der Waals surface area contributed by atoms with Gasteiger partial charge in [-0.25, -0.2) is 8.42 Å². The quantitative estimate of drug-likeness (QED) is 0.832. The van der Waals surface area contributed by atoms with Crippen molar-refractivity contribution in [3.8, 4) is 0 Å². The fourth-order valence-electron chi connectivity index (χ4n) is 2.75. The van der Waals surface area contributed by atoms with E-state index in [0.717, 1.165) is 16.1 Å². The number of nitrogens with two attached hydrogens (primary N) is 1. The molecule has 2 amide bonds. The molecule has 1 aromatic rings. The molecular weight excluding hydrogens is 330 g/mol. The van der Waals surface area contributed by atoms with Gasteiger partial charge in [-0.1, -0.05) is 17.7 Å². The molecule has 0 unspecified atom stereocenters. The van der Waals surface area contributed by atoms with Crippen LogP contribution >= 0.6 is 0 Å². The standard InChI is InChI=1S/C16H23N3O4S/c1-12-3-5-14(6-4-12)19(24(2,22)23)11-15(20)18-9-7-13(8-10-18)16(17)21/h3-6,13H,7-11H2,1-2H3,(H2,17,21). The van der Waals surface area contributed by atoms with Crippen LogP contribution in [0.2, 0.25) is 0 Å². The molecular formula is C16H23N3O4S. The number of benzene rings is 1. The summed E-state index contributed by atoms with van der Waals surface area (Å²) in [6.45, 7) is 2.49. The van der Waals surface area contributed by atoms with E-state index in [2.05, 4.69) is 0 Å². The Hall–Kier alpha value is -2.09. The monoisotopic (exact) mass is 353 g/mol. The van der Waals surface area contributed by atoms with E-state index in [1.807, 2.05) is 6.92 Å². The van der Waals surface area contributed by atoms with E-state index in [4.69, 9.17) is 5.73 Å². The number of amides is 2. The highest BCUT2D eigenvalue weighted by molar-refractivity contribution is 7.92. The van der Waals surface area contributed by atoms with Crippen LogP contribution in [0.3, 0.4) is 0 Å². The summed E-state index contributed by atoms with van der Waals surface area (Å²) >= 11 is 0. The number of rotatable bonds is 5. The van der Waals surface area contributed by atoms with Crippen LogP contribution in [0.5, 0.6) is 0 Å². The third-order valence-corrected chi connectivity index (χ3v) is 5.39. The molecule has 2 rings (SSSR count). The van der Waals surface area contributed by atoms with Crippen LogP contribution < -0.4 is 10.0 Å². The fourth-order valence-corrected chi connectivity index (χ4v) is 3.60. The number of hydrogen-bond donors (Lipinski definition) is 1. The van der Waals surface area contributed by atoms with Crippen LogP contribution in [-0.2, 0) is 19.6 Å². The van der Waals surface area contributed by atoms with Crippen molar-refractivity contribution in [2.75, 3.05) is 30.2 Å². The number of anilines is 1. The summed E-state index contributed by atoms with van der Waals surface area (Å²) in [5, 5.41) is 0. The smallest absolute Gasteiger partial charge is 0.243 e. The summed E-state index contributed by atoms with van der Waals surface area (Å²) in [5.74, 6) is -0.833. The number of nitrogens with zero attached hydrogens (tertiary/aromatic N) is 2. The van der Waals surface area contributed by atoms with Gasteiger partial charge in [0.1, 0.15) is 6.54 Å². The minimum absolute atomic E-state index is 0.211. The lowest BCUT2D eigenvalue weighted by atomic mass is 9.96. The summed E-state index contributed by atoms with van der Waals surface area (Å²) < 4.78 is 25.2. The van der Waals surface area contributed by atoms with Gasteiger partial charge in [0.15, 0.2) is 0 Å². The first kappa shape index (κ1) is 18.3. The predicted molar refractivity (Wildman–Crippen MR) is 91.9 cm³/mol. The third-order valence-electron chi connectivity index (χ3n) is 4.25. The maximum Gasteiger partial charge on any atom is 0.243 e. The summed E-state index contributed by atoms with van der Waals surface area (Å²) in [4.78, 5) is 25.2. The van der Waals surface area contributed by atoms with E-state index in [-0.39, 0.29) is 24.3 Å². The van der Waals surface area contributed by atoms with Crippen LogP contribution in [-0.4, -0.2) is 51.0 Å². The molecule has 1 heterocycles. The molecule has 0 atom stereocenters. The predicted octanol–water partition coefficient (Wildman–Crippen LogP) is 0.485. The maximum atomic E-state index is 12.5. The zero-order chi connectivity index (χ0) is 17.9. The minimum atomic E-state index is -3.58. The van der Waals surface area contributed by atoms with Gasteiger partial charge in [0.25, 0.3) is 0 Å². The summed E-state index contributed by atoms with van der Waals surface area (Å²) in [6, 6.07) is 6.97. The summed E-state index contributed by atoms with van der Waals surface area (Å²) in [6.07, 6.45) is 2.12. The second kappa shape index (κ2) is 7.21. The van der Waals surface area contributed by atoms with Crippen molar-refractivity contribution in [3.63, 3.8) is 0 Å². The highest BCUT2D eigenvalue weighted by Gasteiger charge is 2.28. The molecule has 1 aromatic carbocycles. The number of primary amides is 1. The Kier molecular flexibility index (Phi) is 5.48. The minimum Gasteiger partial charge on any atom is -0.369 e. The van der Waals surface area contributed by atoms with Crippen molar-refractivity contribution in [1.29, 1.82) is 0 Å². The van der Waals surface area contributed by atoms with Gasteiger partial charge in [-0.2, -0.15) is 0 Å². The van der Waals surface area contributed by atoms with Crippen LogP contribution in [0, 0.1) is 12.8 Å². The van der Waals surface area contributed by atoms with E-state index in [1.165, 1.54) is 0 Å². The molecule has 1 saturated heterocycles. The topological polar surface area (TPSA) is 101 Å². The van der Waals surface area contributed by atoms with Crippen molar-refractivity contribution in [3.05, 3.63) is 29.8 Å². The number of likely N-dealkylation sites (tertiary alicyclic amines) is 1. The van der Waals surface area contributed by atoms with E-state index in [1.54, 1.807) is 29.2 Å². The zero-order valence-electron chi connectivity index (χ0n) is 13.9. The number of carbonyl (C=O) groups is 2. The van der Waals surface area contributed by atoms with Crippen molar-refractivity contribution >= 4 is 27.5 Å². The second-order valence-electron chi connectivity index (χ2n) is 6.16. The Bertz CT molecular complexity index is 707. The number of sulfonamides is 1. The molecule has 0 bridgehead atoms. The van der Waals surface area contributed by atoms with Crippen molar-refractivity contribution in [1.82, 2.24) is 4.90 Å². The first-order chi connectivity index (χ1) is 11.2. The molecule has 0 aromatic heterocycles.